The van der Waals surface area contributed by atoms with Crippen LogP contribution in [0.3, 0.4) is 0 Å². The Kier molecular flexibility index (Phi) is 5.67. The Balaban J connectivity index is 1.54. The van der Waals surface area contributed by atoms with Gasteiger partial charge in [0.05, 0.1) is 13.1 Å². The molecule has 0 spiro atoms. The molecule has 25 heavy (non-hydrogen) atoms. The van der Waals surface area contributed by atoms with Gasteiger partial charge in [0, 0.05) is 12.6 Å². The number of amides is 2. The summed E-state index contributed by atoms with van der Waals surface area (Å²) >= 11 is 0. The molecule has 2 aliphatic rings. The van der Waals surface area contributed by atoms with E-state index in [4.69, 9.17) is 0 Å². The molecule has 8 nitrogen and oxygen atoms in total. The molecule has 0 bridgehead atoms. The van der Waals surface area contributed by atoms with Gasteiger partial charge in [0.2, 0.25) is 11.8 Å². The summed E-state index contributed by atoms with van der Waals surface area (Å²) < 4.78 is 1.93. The fourth-order valence-electron chi connectivity index (χ4n) is 3.75. The molecular weight excluding hydrogens is 320 g/mol. The van der Waals surface area contributed by atoms with Crippen LogP contribution in [0.15, 0.2) is 0 Å². The zero-order chi connectivity index (χ0) is 17.8. The lowest BCUT2D eigenvalue weighted by Gasteiger charge is -2.25. The average molecular weight is 348 g/mol. The minimum absolute atomic E-state index is 0.0578. The third kappa shape index (κ3) is 4.56. The second kappa shape index (κ2) is 7.95. The molecule has 3 heterocycles. The summed E-state index contributed by atoms with van der Waals surface area (Å²) in [5.74, 6) is 1.56. The molecular formula is C17H28N6O2. The molecule has 2 aliphatic heterocycles. The number of aryl methyl sites for hydroxylation is 2. The maximum Gasteiger partial charge on any atom is 0.242 e. The number of carbonyl (C=O) groups is 2. The summed E-state index contributed by atoms with van der Waals surface area (Å²) in [6.07, 6.45) is 4.78. The first-order chi connectivity index (χ1) is 12.0. The highest BCUT2D eigenvalue weighted by Crippen LogP contribution is 2.19. The van der Waals surface area contributed by atoms with E-state index in [1.165, 1.54) is 0 Å². The Morgan fingerprint density at radius 2 is 2.12 bits per heavy atom. The van der Waals surface area contributed by atoms with E-state index in [1.54, 1.807) is 0 Å². The topological polar surface area (TPSA) is 92.2 Å². The number of nitrogens with zero attached hydrogens (tertiary/aromatic N) is 4. The zero-order valence-corrected chi connectivity index (χ0v) is 15.1. The number of hydrogen-bond donors (Lipinski definition) is 2. The quantitative estimate of drug-likeness (QED) is 0.790. The molecule has 0 aromatic carbocycles. The molecule has 0 saturated carbocycles. The molecule has 2 N–H and O–H groups in total. The van der Waals surface area contributed by atoms with Gasteiger partial charge in [0.25, 0.3) is 0 Å². The lowest BCUT2D eigenvalue weighted by molar-refractivity contribution is -0.129. The summed E-state index contributed by atoms with van der Waals surface area (Å²) in [5, 5.41) is 10.2. The van der Waals surface area contributed by atoms with Crippen molar-refractivity contribution in [3.05, 3.63) is 11.6 Å². The summed E-state index contributed by atoms with van der Waals surface area (Å²) in [6.45, 7) is 6.54. The van der Waals surface area contributed by atoms with Gasteiger partial charge in [0.15, 0.2) is 0 Å². The van der Waals surface area contributed by atoms with Gasteiger partial charge in [-0.1, -0.05) is 0 Å². The van der Waals surface area contributed by atoms with Gasteiger partial charge in [0.1, 0.15) is 17.7 Å². The summed E-state index contributed by atoms with van der Waals surface area (Å²) in [7, 11) is 0. The predicted octanol–water partition coefficient (Wildman–Crippen LogP) is 0.144. The smallest absolute Gasteiger partial charge is 0.242 e. The molecule has 2 saturated heterocycles. The number of carbonyl (C=O) groups excluding carboxylic acids is 2. The monoisotopic (exact) mass is 348 g/mol. The number of hydrogen-bond acceptors (Lipinski definition) is 5. The number of aromatic nitrogens is 3. The Bertz CT molecular complexity index is 629. The van der Waals surface area contributed by atoms with Crippen molar-refractivity contribution in [3.63, 3.8) is 0 Å². The van der Waals surface area contributed by atoms with Crippen molar-refractivity contribution in [2.75, 3.05) is 19.6 Å². The minimum atomic E-state index is -0.392. The molecule has 8 heteroatoms. The molecule has 0 unspecified atom stereocenters. The Morgan fingerprint density at radius 3 is 2.88 bits per heavy atom. The highest BCUT2D eigenvalue weighted by atomic mass is 16.2. The van der Waals surface area contributed by atoms with Crippen LogP contribution in [0.1, 0.15) is 43.8 Å². The third-order valence-corrected chi connectivity index (χ3v) is 5.06. The SMILES string of the molecule is Cc1nc(C)n(C[C@H]2CCCN2CC(=O)N[C@H]2CCCCNC2=O)n1. The fourth-order valence-corrected chi connectivity index (χ4v) is 3.75. The molecule has 2 amide bonds. The van der Waals surface area contributed by atoms with Crippen LogP contribution in [0, 0.1) is 13.8 Å². The van der Waals surface area contributed by atoms with Crippen LogP contribution in [-0.2, 0) is 16.1 Å². The van der Waals surface area contributed by atoms with Gasteiger partial charge in [-0.05, 0) is 52.5 Å². The highest BCUT2D eigenvalue weighted by Gasteiger charge is 2.29. The van der Waals surface area contributed by atoms with Crippen molar-refractivity contribution in [1.82, 2.24) is 30.3 Å². The van der Waals surface area contributed by atoms with Crippen molar-refractivity contribution >= 4 is 11.8 Å². The molecule has 0 radical (unpaired) electrons. The largest absolute Gasteiger partial charge is 0.354 e. The van der Waals surface area contributed by atoms with Gasteiger partial charge in [-0.25, -0.2) is 9.67 Å². The van der Waals surface area contributed by atoms with Crippen LogP contribution in [0.2, 0.25) is 0 Å². The van der Waals surface area contributed by atoms with E-state index in [0.29, 0.717) is 13.1 Å². The standard InChI is InChI=1S/C17H28N6O2/c1-12-19-13(2)23(21-12)10-14-6-5-9-22(14)11-16(24)20-15-7-3-4-8-18-17(15)25/h14-15H,3-11H2,1-2H3,(H,18,25)(H,20,24)/t14-,15+/m1/s1. The van der Waals surface area contributed by atoms with Crippen molar-refractivity contribution in [2.45, 2.75) is 64.6 Å². The fraction of sp³-hybridized carbons (Fsp3) is 0.765. The van der Waals surface area contributed by atoms with Gasteiger partial charge in [-0.3, -0.25) is 14.5 Å². The molecule has 138 valence electrons. The Labute approximate surface area is 148 Å². The van der Waals surface area contributed by atoms with Gasteiger partial charge in [-0.2, -0.15) is 5.10 Å². The van der Waals surface area contributed by atoms with Gasteiger partial charge in [-0.15, -0.1) is 0 Å². The van der Waals surface area contributed by atoms with E-state index >= 15 is 0 Å². The first-order valence-electron chi connectivity index (χ1n) is 9.22. The van der Waals surface area contributed by atoms with Crippen LogP contribution in [0.25, 0.3) is 0 Å². The Morgan fingerprint density at radius 1 is 1.28 bits per heavy atom. The van der Waals surface area contributed by atoms with Crippen LogP contribution in [-0.4, -0.2) is 63.2 Å². The van der Waals surface area contributed by atoms with E-state index < -0.39 is 6.04 Å². The van der Waals surface area contributed by atoms with Crippen molar-refractivity contribution in [1.29, 1.82) is 0 Å². The predicted molar refractivity (Wildman–Crippen MR) is 92.9 cm³/mol. The van der Waals surface area contributed by atoms with Crippen LogP contribution in [0.5, 0.6) is 0 Å². The number of nitrogens with one attached hydrogen (secondary N) is 2. The molecule has 0 aliphatic carbocycles. The molecule has 3 rings (SSSR count). The van der Waals surface area contributed by atoms with Crippen LogP contribution < -0.4 is 10.6 Å². The van der Waals surface area contributed by atoms with Crippen molar-refractivity contribution < 1.29 is 9.59 Å². The van der Waals surface area contributed by atoms with Crippen molar-refractivity contribution in [2.24, 2.45) is 0 Å². The summed E-state index contributed by atoms with van der Waals surface area (Å²) in [5.41, 5.74) is 0. The normalized spacial score (nSPS) is 24.8. The lowest BCUT2D eigenvalue weighted by atomic mass is 10.1. The third-order valence-electron chi connectivity index (χ3n) is 5.06. The lowest BCUT2D eigenvalue weighted by Crippen LogP contribution is -2.49. The maximum atomic E-state index is 12.4. The van der Waals surface area contributed by atoms with Crippen molar-refractivity contribution in [3.8, 4) is 0 Å². The van der Waals surface area contributed by atoms with Crippen LogP contribution in [0.4, 0.5) is 0 Å². The average Bonchev–Trinajstić information content (AvgIpc) is 3.05. The second-order valence-electron chi connectivity index (χ2n) is 7.06. The van der Waals surface area contributed by atoms with E-state index in [1.807, 2.05) is 18.5 Å². The van der Waals surface area contributed by atoms with E-state index in [-0.39, 0.29) is 17.9 Å². The summed E-state index contributed by atoms with van der Waals surface area (Å²) in [6, 6.07) is -0.107. The van der Waals surface area contributed by atoms with Crippen LogP contribution >= 0.6 is 0 Å². The summed E-state index contributed by atoms with van der Waals surface area (Å²) in [4.78, 5) is 30.9. The molecule has 1 aromatic heterocycles. The molecule has 2 fully saturated rings. The van der Waals surface area contributed by atoms with E-state index in [9.17, 15) is 9.59 Å². The number of likely N-dealkylation sites (tertiary alicyclic amines) is 1. The second-order valence-corrected chi connectivity index (χ2v) is 7.06. The zero-order valence-electron chi connectivity index (χ0n) is 15.1. The molecule has 1 aromatic rings. The first kappa shape index (κ1) is 17.8. The highest BCUT2D eigenvalue weighted by molar-refractivity contribution is 5.88. The first-order valence-corrected chi connectivity index (χ1v) is 9.22. The van der Waals surface area contributed by atoms with E-state index in [2.05, 4.69) is 25.6 Å². The minimum Gasteiger partial charge on any atom is -0.354 e. The Hall–Kier alpha value is -1.96. The number of rotatable bonds is 5. The maximum absolute atomic E-state index is 12.4. The molecule has 2 atom stereocenters. The van der Waals surface area contributed by atoms with Gasteiger partial charge < -0.3 is 10.6 Å². The van der Waals surface area contributed by atoms with Gasteiger partial charge >= 0.3 is 0 Å². The van der Waals surface area contributed by atoms with E-state index in [0.717, 1.165) is 56.8 Å².